The summed E-state index contributed by atoms with van der Waals surface area (Å²) in [5.41, 5.74) is 2.27. The summed E-state index contributed by atoms with van der Waals surface area (Å²) in [6, 6.07) is 12.1. The third-order valence-electron chi connectivity index (χ3n) is 7.79. The molecule has 2 aliphatic heterocycles. The summed E-state index contributed by atoms with van der Waals surface area (Å²) in [7, 11) is 1.51. The molecule has 2 aromatic heterocycles. The van der Waals surface area contributed by atoms with E-state index < -0.39 is 12.1 Å². The number of carbonyl (C=O) groups is 3. The van der Waals surface area contributed by atoms with E-state index in [4.69, 9.17) is 13.9 Å². The predicted octanol–water partition coefficient (Wildman–Crippen LogP) is 3.51. The van der Waals surface area contributed by atoms with Crippen LogP contribution in [0.25, 0.3) is 11.5 Å². The summed E-state index contributed by atoms with van der Waals surface area (Å²) in [6.07, 6.45) is 3.72. The van der Waals surface area contributed by atoms with Gasteiger partial charge < -0.3 is 34.5 Å². The third-order valence-corrected chi connectivity index (χ3v) is 7.79. The first-order chi connectivity index (χ1) is 21.3. The van der Waals surface area contributed by atoms with E-state index in [9.17, 15) is 19.5 Å². The molecule has 1 fully saturated rings. The van der Waals surface area contributed by atoms with Crippen molar-refractivity contribution in [3.63, 3.8) is 0 Å². The van der Waals surface area contributed by atoms with E-state index in [0.29, 0.717) is 46.4 Å². The zero-order valence-corrected chi connectivity index (χ0v) is 24.2. The number of carbonyl (C=O) groups excluding carboxylic acids is 3. The van der Waals surface area contributed by atoms with Gasteiger partial charge in [0.25, 0.3) is 5.91 Å². The number of hydrogen-bond donors (Lipinski definition) is 3. The lowest BCUT2D eigenvalue weighted by Gasteiger charge is -2.24. The van der Waals surface area contributed by atoms with Gasteiger partial charge in [-0.3, -0.25) is 19.4 Å². The summed E-state index contributed by atoms with van der Waals surface area (Å²) in [5, 5.41) is 16.4. The Morgan fingerprint density at radius 1 is 1.14 bits per heavy atom. The molecule has 12 heteroatoms. The second-order valence-corrected chi connectivity index (χ2v) is 10.7. The van der Waals surface area contributed by atoms with Crippen molar-refractivity contribution in [2.24, 2.45) is 0 Å². The number of aromatic hydroxyl groups is 1. The summed E-state index contributed by atoms with van der Waals surface area (Å²) in [5.74, 6) is 0.778. The minimum absolute atomic E-state index is 0.0807. The van der Waals surface area contributed by atoms with E-state index in [2.05, 4.69) is 20.6 Å². The predicted molar refractivity (Wildman–Crippen MR) is 157 cm³/mol. The minimum atomic E-state index is -0.796. The molecule has 3 N–H and O–H groups in total. The normalized spacial score (nSPS) is 18.4. The monoisotopic (exact) mass is 597 g/mol. The second-order valence-electron chi connectivity index (χ2n) is 10.7. The summed E-state index contributed by atoms with van der Waals surface area (Å²) in [4.78, 5) is 50.0. The van der Waals surface area contributed by atoms with Crippen molar-refractivity contribution >= 4 is 17.7 Å². The lowest BCUT2D eigenvalue weighted by molar-refractivity contribution is -0.138. The van der Waals surface area contributed by atoms with E-state index >= 15 is 0 Å². The van der Waals surface area contributed by atoms with Gasteiger partial charge in [0.05, 0.1) is 19.2 Å². The smallest absolute Gasteiger partial charge is 0.253 e. The highest BCUT2D eigenvalue weighted by atomic mass is 16.5. The van der Waals surface area contributed by atoms with Crippen molar-refractivity contribution in [3.05, 3.63) is 83.5 Å². The number of aromatic nitrogens is 2. The number of fused-ring (bicyclic) bond motifs is 8. The van der Waals surface area contributed by atoms with Gasteiger partial charge in [-0.1, -0.05) is 6.07 Å². The van der Waals surface area contributed by atoms with Crippen molar-refractivity contribution in [3.8, 4) is 34.5 Å². The molecule has 226 valence electrons. The van der Waals surface area contributed by atoms with E-state index in [1.54, 1.807) is 55.6 Å². The third kappa shape index (κ3) is 5.91. The average molecular weight is 598 g/mol. The molecule has 1 saturated heterocycles. The maximum atomic E-state index is 13.6. The number of nitrogens with zero attached hydrogens (tertiary/aromatic N) is 3. The number of rotatable bonds is 3. The van der Waals surface area contributed by atoms with Gasteiger partial charge in [-0.15, -0.1) is 0 Å². The maximum absolute atomic E-state index is 13.6. The molecule has 0 saturated carbocycles. The number of pyridine rings is 1. The minimum Gasteiger partial charge on any atom is -0.504 e. The molecule has 2 aliphatic rings. The molecular weight excluding hydrogens is 566 g/mol. The highest BCUT2D eigenvalue weighted by Crippen LogP contribution is 2.39. The molecule has 4 aromatic rings. The summed E-state index contributed by atoms with van der Waals surface area (Å²) in [6.45, 7) is 2.01. The number of phenols is 1. The molecule has 0 spiro atoms. The molecule has 2 aromatic carbocycles. The van der Waals surface area contributed by atoms with Crippen LogP contribution < -0.4 is 20.1 Å². The number of phenolic OH excluding ortho intramolecular Hbond substituents is 1. The number of methoxy groups -OCH3 is 1. The second kappa shape index (κ2) is 12.1. The van der Waals surface area contributed by atoms with E-state index in [1.807, 2.05) is 0 Å². The van der Waals surface area contributed by atoms with Crippen LogP contribution in [0.1, 0.15) is 40.2 Å². The number of hydrogen-bond acceptors (Lipinski definition) is 9. The molecule has 0 radical (unpaired) electrons. The largest absolute Gasteiger partial charge is 0.504 e. The van der Waals surface area contributed by atoms with Crippen molar-refractivity contribution in [1.29, 1.82) is 0 Å². The molecule has 44 heavy (non-hydrogen) atoms. The van der Waals surface area contributed by atoms with Crippen LogP contribution in [0.15, 0.2) is 65.3 Å². The standard InChI is InChI=1S/C32H31N5O7/c1-18-23-16-34-31(41)24-14-22(35-30(40)21-4-3-11-33-15-21)17-37(24)29(39)10-6-19-5-8-25(38)27(12-19)44-28-13-20(32(36-23)43-18)7-9-26(28)42-2/h3-5,7-9,11-13,15,22,24,38H,6,10,14,16-17H2,1-2H3,(H,34,41)(H,35,40)/t22-,24-/m0/s1. The van der Waals surface area contributed by atoms with Crippen molar-refractivity contribution < 1.29 is 33.4 Å². The zero-order chi connectivity index (χ0) is 30.8. The van der Waals surface area contributed by atoms with Gasteiger partial charge in [0, 0.05) is 37.0 Å². The molecule has 3 amide bonds. The van der Waals surface area contributed by atoms with E-state index in [0.717, 1.165) is 5.56 Å². The number of aryl methyl sites for hydroxylation is 2. The fraction of sp³-hybridized carbons (Fsp3) is 0.281. The van der Waals surface area contributed by atoms with Crippen LogP contribution in [-0.2, 0) is 22.6 Å². The molecular formula is C32H31N5O7. The molecule has 0 aliphatic carbocycles. The van der Waals surface area contributed by atoms with Crippen molar-refractivity contribution in [2.45, 2.75) is 44.8 Å². The van der Waals surface area contributed by atoms with E-state index in [-0.39, 0.29) is 55.2 Å². The molecule has 2 atom stereocenters. The van der Waals surface area contributed by atoms with E-state index in [1.165, 1.54) is 24.3 Å². The van der Waals surface area contributed by atoms with Crippen molar-refractivity contribution in [1.82, 2.24) is 25.5 Å². The maximum Gasteiger partial charge on any atom is 0.253 e. The number of ether oxygens (including phenoxy) is 2. The van der Waals surface area contributed by atoms with Gasteiger partial charge in [0.15, 0.2) is 23.0 Å². The molecule has 6 rings (SSSR count). The van der Waals surface area contributed by atoms with Crippen LogP contribution in [0, 0.1) is 6.92 Å². The van der Waals surface area contributed by atoms with Gasteiger partial charge in [0.1, 0.15) is 17.5 Å². The van der Waals surface area contributed by atoms with Gasteiger partial charge in [-0.2, -0.15) is 0 Å². The topological polar surface area (TPSA) is 156 Å². The van der Waals surface area contributed by atoms with Crippen LogP contribution >= 0.6 is 0 Å². The fourth-order valence-electron chi connectivity index (χ4n) is 5.43. The van der Waals surface area contributed by atoms with Crippen molar-refractivity contribution in [2.75, 3.05) is 13.7 Å². The average Bonchev–Trinajstić information content (AvgIpc) is 3.63. The van der Waals surface area contributed by atoms with Crippen LogP contribution in [0.4, 0.5) is 0 Å². The number of nitrogens with one attached hydrogen (secondary N) is 2. The SMILES string of the molecule is COc1ccc2cc1Oc1cc(ccc1O)CCC(=O)N1C[C@@H](NC(=O)c3cccnc3)C[C@H]1C(=O)NCc1nc-2oc1C. The highest BCUT2D eigenvalue weighted by molar-refractivity contribution is 5.94. The van der Waals surface area contributed by atoms with Crippen LogP contribution in [-0.4, -0.2) is 63.4 Å². The van der Waals surface area contributed by atoms with Gasteiger partial charge in [-0.25, -0.2) is 4.98 Å². The quantitative estimate of drug-likeness (QED) is 0.322. The highest BCUT2D eigenvalue weighted by Gasteiger charge is 2.40. The first-order valence-electron chi connectivity index (χ1n) is 14.2. The number of oxazole rings is 1. The molecule has 6 bridgehead atoms. The zero-order valence-electron chi connectivity index (χ0n) is 24.2. The number of amides is 3. The number of benzene rings is 2. The summed E-state index contributed by atoms with van der Waals surface area (Å²) < 4.78 is 17.5. The Bertz CT molecular complexity index is 1720. The Morgan fingerprint density at radius 3 is 2.80 bits per heavy atom. The first-order valence-corrected chi connectivity index (χ1v) is 14.2. The first kappa shape index (κ1) is 28.7. The van der Waals surface area contributed by atoms with Gasteiger partial charge in [-0.05, 0) is 67.8 Å². The Kier molecular flexibility index (Phi) is 7.88. The van der Waals surface area contributed by atoms with Gasteiger partial charge >= 0.3 is 0 Å². The molecule has 4 heterocycles. The Morgan fingerprint density at radius 2 is 2.00 bits per heavy atom. The lowest BCUT2D eigenvalue weighted by atomic mass is 10.1. The Hall–Kier alpha value is -5.39. The Balaban J connectivity index is 1.32. The van der Waals surface area contributed by atoms with Crippen LogP contribution in [0.5, 0.6) is 23.0 Å². The van der Waals surface area contributed by atoms with Crippen LogP contribution in [0.3, 0.4) is 0 Å². The molecule has 12 nitrogen and oxygen atoms in total. The summed E-state index contributed by atoms with van der Waals surface area (Å²) >= 11 is 0. The molecule has 0 unspecified atom stereocenters. The van der Waals surface area contributed by atoms with Crippen LogP contribution in [0.2, 0.25) is 0 Å². The lowest BCUT2D eigenvalue weighted by Crippen LogP contribution is -2.46. The van der Waals surface area contributed by atoms with Gasteiger partial charge in [0.2, 0.25) is 17.7 Å². The Labute approximate surface area is 253 Å². The fourth-order valence-corrected chi connectivity index (χ4v) is 5.43.